The second kappa shape index (κ2) is 7.21. The molecule has 7 heteroatoms. The number of hydrogen-bond acceptors (Lipinski definition) is 3. The lowest BCUT2D eigenvalue weighted by atomic mass is 10.1. The van der Waals surface area contributed by atoms with Crippen LogP contribution in [-0.2, 0) is 18.4 Å². The van der Waals surface area contributed by atoms with Gasteiger partial charge in [0.05, 0.1) is 17.6 Å². The van der Waals surface area contributed by atoms with Crippen LogP contribution in [0.3, 0.4) is 0 Å². The number of aromatic nitrogens is 2. The highest BCUT2D eigenvalue weighted by molar-refractivity contribution is 5.81. The van der Waals surface area contributed by atoms with Gasteiger partial charge in [-0.25, -0.2) is 9.78 Å². The molecule has 1 saturated heterocycles. The van der Waals surface area contributed by atoms with Crippen molar-refractivity contribution in [2.24, 2.45) is 13.0 Å². The molecule has 1 aromatic carbocycles. The molecule has 27 heavy (non-hydrogen) atoms. The fraction of sp³-hybridized carbons (Fsp3) is 0.550. The second-order valence-corrected chi connectivity index (χ2v) is 7.78. The number of carbonyl (C=O) groups excluding carboxylic acids is 2. The van der Waals surface area contributed by atoms with Crippen LogP contribution < -0.4 is 5.32 Å². The van der Waals surface area contributed by atoms with Gasteiger partial charge in [-0.2, -0.15) is 0 Å². The summed E-state index contributed by atoms with van der Waals surface area (Å²) in [5.74, 6) is 1.35. The lowest BCUT2D eigenvalue weighted by Gasteiger charge is -2.34. The Balaban J connectivity index is 1.35. The van der Waals surface area contributed by atoms with Gasteiger partial charge < -0.3 is 19.7 Å². The summed E-state index contributed by atoms with van der Waals surface area (Å²) in [4.78, 5) is 33.1. The first-order chi connectivity index (χ1) is 13.0. The number of fused-ring (bicyclic) bond motifs is 1. The molecule has 0 spiro atoms. The van der Waals surface area contributed by atoms with E-state index in [-0.39, 0.29) is 23.9 Å². The smallest absolute Gasteiger partial charge is 0.317 e. The van der Waals surface area contributed by atoms with E-state index < -0.39 is 0 Å². The minimum atomic E-state index is -0.118. The van der Waals surface area contributed by atoms with E-state index in [1.807, 2.05) is 40.8 Å². The average Bonchev–Trinajstić information content (AvgIpc) is 3.47. The maximum atomic E-state index is 12.6. The molecule has 2 aromatic rings. The number of urea groups is 1. The first kappa shape index (κ1) is 17.8. The molecular formula is C20H27N5O2. The largest absolute Gasteiger partial charge is 0.340 e. The van der Waals surface area contributed by atoms with Gasteiger partial charge in [0.2, 0.25) is 5.91 Å². The van der Waals surface area contributed by atoms with Crippen LogP contribution >= 0.6 is 0 Å². The molecule has 1 aliphatic carbocycles. The third-order valence-corrected chi connectivity index (χ3v) is 5.59. The SMILES string of the molecule is CN(Cc1nc2ccccc2n1C)C(=O)N[C@@H]1CCCN(C(=O)C2CC2)C1. The number of piperidine rings is 1. The number of nitrogens with one attached hydrogen (secondary N) is 1. The second-order valence-electron chi connectivity index (χ2n) is 7.78. The third-order valence-electron chi connectivity index (χ3n) is 5.59. The molecule has 0 radical (unpaired) electrons. The summed E-state index contributed by atoms with van der Waals surface area (Å²) in [6.45, 7) is 1.88. The summed E-state index contributed by atoms with van der Waals surface area (Å²) in [5.41, 5.74) is 1.99. The van der Waals surface area contributed by atoms with Crippen LogP contribution in [0.15, 0.2) is 24.3 Å². The van der Waals surface area contributed by atoms with Gasteiger partial charge in [-0.1, -0.05) is 12.1 Å². The van der Waals surface area contributed by atoms with E-state index in [1.165, 1.54) is 0 Å². The Bertz CT molecular complexity index is 857. The molecule has 1 saturated carbocycles. The van der Waals surface area contributed by atoms with Crippen LogP contribution in [0.2, 0.25) is 0 Å². The molecule has 1 atom stereocenters. The number of imidazole rings is 1. The number of carbonyl (C=O) groups is 2. The minimum Gasteiger partial charge on any atom is -0.340 e. The van der Waals surface area contributed by atoms with Crippen LogP contribution in [-0.4, -0.2) is 57.5 Å². The predicted molar refractivity (Wildman–Crippen MR) is 103 cm³/mol. The van der Waals surface area contributed by atoms with E-state index in [4.69, 9.17) is 0 Å². The third kappa shape index (κ3) is 3.77. The van der Waals surface area contributed by atoms with E-state index in [9.17, 15) is 9.59 Å². The van der Waals surface area contributed by atoms with E-state index in [0.29, 0.717) is 13.1 Å². The highest BCUT2D eigenvalue weighted by Gasteiger charge is 2.35. The molecule has 144 valence electrons. The van der Waals surface area contributed by atoms with Crippen LogP contribution in [0, 0.1) is 5.92 Å². The molecule has 1 aliphatic heterocycles. The number of hydrogen-bond donors (Lipinski definition) is 1. The normalized spacial score (nSPS) is 19.9. The number of rotatable bonds is 4. The van der Waals surface area contributed by atoms with Gasteiger partial charge in [-0.3, -0.25) is 4.79 Å². The highest BCUT2D eigenvalue weighted by Crippen LogP contribution is 2.31. The molecule has 2 heterocycles. The lowest BCUT2D eigenvalue weighted by molar-refractivity contribution is -0.133. The van der Waals surface area contributed by atoms with Gasteiger partial charge in [0, 0.05) is 39.1 Å². The van der Waals surface area contributed by atoms with Crippen molar-refractivity contribution in [2.45, 2.75) is 38.3 Å². The number of para-hydroxylation sites is 2. The zero-order valence-electron chi connectivity index (χ0n) is 16.0. The Labute approximate surface area is 159 Å². The molecule has 0 unspecified atom stereocenters. The number of amides is 3. The molecule has 7 nitrogen and oxygen atoms in total. The molecule has 2 fully saturated rings. The fourth-order valence-corrected chi connectivity index (χ4v) is 3.79. The molecule has 0 bridgehead atoms. The highest BCUT2D eigenvalue weighted by atomic mass is 16.2. The van der Waals surface area contributed by atoms with Gasteiger partial charge in [0.25, 0.3) is 0 Å². The first-order valence-electron chi connectivity index (χ1n) is 9.73. The lowest BCUT2D eigenvalue weighted by Crippen LogP contribution is -2.52. The van der Waals surface area contributed by atoms with Crippen molar-refractivity contribution in [1.29, 1.82) is 0 Å². The molecular weight excluding hydrogens is 342 g/mol. The van der Waals surface area contributed by atoms with Crippen LogP contribution in [0.25, 0.3) is 11.0 Å². The topological polar surface area (TPSA) is 70.5 Å². The standard InChI is InChI=1S/C20H27N5O2/c1-23(13-18-22-16-7-3-4-8-17(16)24(18)2)20(27)21-15-6-5-11-25(12-15)19(26)14-9-10-14/h3-4,7-8,14-15H,5-6,9-13H2,1-2H3,(H,21,27)/t15-/m1/s1. The summed E-state index contributed by atoms with van der Waals surface area (Å²) in [7, 11) is 3.75. The number of likely N-dealkylation sites (tertiary alicyclic amines) is 1. The van der Waals surface area contributed by atoms with Gasteiger partial charge >= 0.3 is 6.03 Å². The van der Waals surface area contributed by atoms with Gasteiger partial charge in [0.15, 0.2) is 0 Å². The number of nitrogens with zero attached hydrogens (tertiary/aromatic N) is 4. The summed E-state index contributed by atoms with van der Waals surface area (Å²) in [5, 5.41) is 3.09. The summed E-state index contributed by atoms with van der Waals surface area (Å²) < 4.78 is 2.02. The van der Waals surface area contributed by atoms with Crippen molar-refractivity contribution in [3.8, 4) is 0 Å². The molecule has 1 aromatic heterocycles. The molecule has 3 amide bonds. The Hall–Kier alpha value is -2.57. The van der Waals surface area contributed by atoms with Crippen molar-refractivity contribution in [1.82, 2.24) is 24.7 Å². The fourth-order valence-electron chi connectivity index (χ4n) is 3.79. The number of aryl methyl sites for hydroxylation is 1. The van der Waals surface area contributed by atoms with E-state index >= 15 is 0 Å². The predicted octanol–water partition coefficient (Wildman–Crippen LogP) is 2.12. The zero-order valence-corrected chi connectivity index (χ0v) is 16.0. The van der Waals surface area contributed by atoms with Crippen molar-refractivity contribution in [3.63, 3.8) is 0 Å². The van der Waals surface area contributed by atoms with Gasteiger partial charge in [-0.15, -0.1) is 0 Å². The quantitative estimate of drug-likeness (QED) is 0.897. The van der Waals surface area contributed by atoms with Crippen molar-refractivity contribution >= 4 is 23.0 Å². The average molecular weight is 369 g/mol. The van der Waals surface area contributed by atoms with Crippen molar-refractivity contribution in [2.75, 3.05) is 20.1 Å². The van der Waals surface area contributed by atoms with E-state index in [2.05, 4.69) is 10.3 Å². The van der Waals surface area contributed by atoms with Crippen LogP contribution in [0.1, 0.15) is 31.5 Å². The Morgan fingerprint density at radius 1 is 1.26 bits per heavy atom. The monoisotopic (exact) mass is 369 g/mol. The summed E-state index contributed by atoms with van der Waals surface area (Å²) in [6.07, 6.45) is 3.90. The summed E-state index contributed by atoms with van der Waals surface area (Å²) in [6, 6.07) is 7.87. The zero-order chi connectivity index (χ0) is 19.0. The van der Waals surface area contributed by atoms with Crippen LogP contribution in [0.5, 0.6) is 0 Å². The Kier molecular flexibility index (Phi) is 4.76. The maximum Gasteiger partial charge on any atom is 0.317 e. The molecule has 4 rings (SSSR count). The van der Waals surface area contributed by atoms with Gasteiger partial charge in [0.1, 0.15) is 5.82 Å². The van der Waals surface area contributed by atoms with E-state index in [0.717, 1.165) is 49.1 Å². The Morgan fingerprint density at radius 3 is 2.78 bits per heavy atom. The van der Waals surface area contributed by atoms with E-state index in [1.54, 1.807) is 11.9 Å². The first-order valence-corrected chi connectivity index (χ1v) is 9.73. The maximum absolute atomic E-state index is 12.6. The van der Waals surface area contributed by atoms with Crippen molar-refractivity contribution in [3.05, 3.63) is 30.1 Å². The number of benzene rings is 1. The summed E-state index contributed by atoms with van der Waals surface area (Å²) >= 11 is 0. The van der Waals surface area contributed by atoms with Crippen LogP contribution in [0.4, 0.5) is 4.79 Å². The molecule has 2 aliphatic rings. The minimum absolute atomic E-state index is 0.0249. The van der Waals surface area contributed by atoms with Gasteiger partial charge in [-0.05, 0) is 37.8 Å². The molecule has 1 N–H and O–H groups in total. The Morgan fingerprint density at radius 2 is 2.04 bits per heavy atom. The van der Waals surface area contributed by atoms with Crippen molar-refractivity contribution < 1.29 is 9.59 Å².